The number of aromatic nitrogens is 2. The molecule has 0 saturated heterocycles. The van der Waals surface area contributed by atoms with Crippen molar-refractivity contribution >= 4 is 5.97 Å². The third-order valence-electron chi connectivity index (χ3n) is 2.80. The number of azide groups is 1. The summed E-state index contributed by atoms with van der Waals surface area (Å²) in [6.07, 6.45) is -4.87. The number of hydrogen-bond donors (Lipinski definition) is 1. The standard InChI is InChI=1S/C12H7F4N5O2/c13-7-2-1-6(5-18-20-17)8(3-7)21-9(11(22)23)4-10(19-21)12(14,15)16/h1-4H,5H2,(H,22,23). The summed E-state index contributed by atoms with van der Waals surface area (Å²) in [5.41, 5.74) is 5.93. The van der Waals surface area contributed by atoms with Crippen LogP contribution in [0.15, 0.2) is 29.4 Å². The first-order chi connectivity index (χ1) is 10.7. The van der Waals surface area contributed by atoms with Crippen molar-refractivity contribution in [3.05, 3.63) is 57.5 Å². The van der Waals surface area contributed by atoms with Crippen molar-refractivity contribution in [2.24, 2.45) is 5.11 Å². The van der Waals surface area contributed by atoms with Crippen molar-refractivity contribution in [1.29, 1.82) is 0 Å². The lowest BCUT2D eigenvalue weighted by Gasteiger charge is -2.10. The van der Waals surface area contributed by atoms with E-state index in [1.54, 1.807) is 0 Å². The molecule has 0 atom stereocenters. The average Bonchev–Trinajstić information content (AvgIpc) is 2.91. The van der Waals surface area contributed by atoms with Crippen LogP contribution in [-0.2, 0) is 12.7 Å². The van der Waals surface area contributed by atoms with Crippen molar-refractivity contribution in [3.63, 3.8) is 0 Å². The van der Waals surface area contributed by atoms with Crippen molar-refractivity contribution in [3.8, 4) is 5.69 Å². The molecule has 0 radical (unpaired) electrons. The average molecular weight is 329 g/mol. The number of aromatic carboxylic acids is 1. The fourth-order valence-corrected chi connectivity index (χ4v) is 1.83. The normalized spacial score (nSPS) is 11.1. The summed E-state index contributed by atoms with van der Waals surface area (Å²) in [5.74, 6) is -2.49. The fraction of sp³-hybridized carbons (Fsp3) is 0.167. The maximum atomic E-state index is 13.4. The van der Waals surface area contributed by atoms with E-state index in [9.17, 15) is 22.4 Å². The lowest BCUT2D eigenvalue weighted by Crippen LogP contribution is -2.11. The summed E-state index contributed by atoms with van der Waals surface area (Å²) < 4.78 is 52.1. The molecule has 0 fully saturated rings. The highest BCUT2D eigenvalue weighted by Crippen LogP contribution is 2.30. The largest absolute Gasteiger partial charge is 0.477 e. The van der Waals surface area contributed by atoms with E-state index in [0.717, 1.165) is 12.1 Å². The van der Waals surface area contributed by atoms with E-state index in [-0.39, 0.29) is 17.8 Å². The number of alkyl halides is 3. The van der Waals surface area contributed by atoms with Gasteiger partial charge in [-0.05, 0) is 23.2 Å². The molecule has 0 aliphatic carbocycles. The van der Waals surface area contributed by atoms with E-state index < -0.39 is 29.4 Å². The van der Waals surface area contributed by atoms with Crippen molar-refractivity contribution in [2.45, 2.75) is 12.7 Å². The Balaban J connectivity index is 2.70. The minimum atomic E-state index is -4.87. The van der Waals surface area contributed by atoms with E-state index in [4.69, 9.17) is 10.6 Å². The molecule has 1 N–H and O–H groups in total. The predicted octanol–water partition coefficient (Wildman–Crippen LogP) is 3.54. The summed E-state index contributed by atoms with van der Waals surface area (Å²) in [4.78, 5) is 13.6. The SMILES string of the molecule is [N-]=[N+]=NCc1ccc(F)cc1-n1nc(C(F)(F)F)cc1C(=O)O. The van der Waals surface area contributed by atoms with Crippen LogP contribution in [0.5, 0.6) is 0 Å². The number of carbonyl (C=O) groups is 1. The van der Waals surface area contributed by atoms with E-state index >= 15 is 0 Å². The zero-order chi connectivity index (χ0) is 17.2. The zero-order valence-corrected chi connectivity index (χ0v) is 11.1. The first kappa shape index (κ1) is 16.3. The van der Waals surface area contributed by atoms with Crippen LogP contribution in [0.4, 0.5) is 17.6 Å². The molecule has 0 bridgehead atoms. The van der Waals surface area contributed by atoms with Crippen LogP contribution >= 0.6 is 0 Å². The molecule has 1 aromatic carbocycles. The number of nitrogens with zero attached hydrogens (tertiary/aromatic N) is 5. The van der Waals surface area contributed by atoms with Gasteiger partial charge in [-0.15, -0.1) is 0 Å². The van der Waals surface area contributed by atoms with E-state index in [0.29, 0.717) is 10.7 Å². The van der Waals surface area contributed by atoms with Crippen molar-refractivity contribution < 1.29 is 27.5 Å². The molecule has 2 rings (SSSR count). The highest BCUT2D eigenvalue weighted by molar-refractivity contribution is 5.86. The molecule has 23 heavy (non-hydrogen) atoms. The third-order valence-corrected chi connectivity index (χ3v) is 2.80. The van der Waals surface area contributed by atoms with Crippen LogP contribution in [0.3, 0.4) is 0 Å². The zero-order valence-electron chi connectivity index (χ0n) is 11.1. The Hall–Kier alpha value is -3.07. The topological polar surface area (TPSA) is 104 Å². The molecule has 0 aliphatic rings. The molecule has 0 saturated carbocycles. The second-order valence-corrected chi connectivity index (χ2v) is 4.29. The van der Waals surface area contributed by atoms with Gasteiger partial charge in [0.15, 0.2) is 11.4 Å². The maximum absolute atomic E-state index is 13.4. The van der Waals surface area contributed by atoms with Gasteiger partial charge in [-0.3, -0.25) is 0 Å². The van der Waals surface area contributed by atoms with Gasteiger partial charge in [0.25, 0.3) is 0 Å². The summed E-state index contributed by atoms with van der Waals surface area (Å²) in [6, 6.07) is 3.31. The van der Waals surface area contributed by atoms with Crippen LogP contribution in [0.25, 0.3) is 16.1 Å². The van der Waals surface area contributed by atoms with Gasteiger partial charge in [-0.25, -0.2) is 13.9 Å². The van der Waals surface area contributed by atoms with Gasteiger partial charge in [0.1, 0.15) is 5.82 Å². The summed E-state index contributed by atoms with van der Waals surface area (Å²) in [7, 11) is 0. The number of halogens is 4. The number of hydrogen-bond acceptors (Lipinski definition) is 3. The van der Waals surface area contributed by atoms with Gasteiger partial charge in [-0.1, -0.05) is 11.2 Å². The third kappa shape index (κ3) is 3.40. The number of carboxylic acids is 1. The Morgan fingerprint density at radius 1 is 1.39 bits per heavy atom. The molecular weight excluding hydrogens is 322 g/mol. The molecule has 0 amide bonds. The summed E-state index contributed by atoms with van der Waals surface area (Å²) in [6.45, 7) is -0.313. The highest BCUT2D eigenvalue weighted by Gasteiger charge is 2.36. The van der Waals surface area contributed by atoms with Crippen LogP contribution in [0.1, 0.15) is 21.7 Å². The van der Waals surface area contributed by atoms with Gasteiger partial charge < -0.3 is 5.11 Å². The van der Waals surface area contributed by atoms with Crippen molar-refractivity contribution in [2.75, 3.05) is 0 Å². The quantitative estimate of drug-likeness (QED) is 0.401. The van der Waals surface area contributed by atoms with Gasteiger partial charge in [0.2, 0.25) is 0 Å². The molecule has 7 nitrogen and oxygen atoms in total. The lowest BCUT2D eigenvalue weighted by atomic mass is 10.1. The van der Waals surface area contributed by atoms with Crippen LogP contribution in [0.2, 0.25) is 0 Å². The first-order valence-electron chi connectivity index (χ1n) is 5.94. The van der Waals surface area contributed by atoms with E-state index in [2.05, 4.69) is 15.1 Å². The Bertz CT molecular complexity index is 808. The second-order valence-electron chi connectivity index (χ2n) is 4.29. The minimum Gasteiger partial charge on any atom is -0.477 e. The van der Waals surface area contributed by atoms with Gasteiger partial charge >= 0.3 is 12.1 Å². The van der Waals surface area contributed by atoms with E-state index in [1.165, 1.54) is 6.07 Å². The number of benzene rings is 1. The van der Waals surface area contributed by atoms with Crippen LogP contribution < -0.4 is 0 Å². The van der Waals surface area contributed by atoms with Crippen molar-refractivity contribution in [1.82, 2.24) is 9.78 Å². The Morgan fingerprint density at radius 3 is 2.65 bits per heavy atom. The lowest BCUT2D eigenvalue weighted by molar-refractivity contribution is -0.141. The molecule has 11 heteroatoms. The maximum Gasteiger partial charge on any atom is 0.435 e. The molecule has 1 heterocycles. The van der Waals surface area contributed by atoms with Gasteiger partial charge in [0, 0.05) is 11.0 Å². The molecular formula is C12H7F4N5O2. The van der Waals surface area contributed by atoms with E-state index in [1.807, 2.05) is 0 Å². The fourth-order valence-electron chi connectivity index (χ4n) is 1.83. The first-order valence-corrected chi connectivity index (χ1v) is 5.94. The van der Waals surface area contributed by atoms with Crippen LogP contribution in [-0.4, -0.2) is 20.9 Å². The number of rotatable bonds is 4. The predicted molar refractivity (Wildman–Crippen MR) is 68.3 cm³/mol. The van der Waals surface area contributed by atoms with Gasteiger partial charge in [0.05, 0.1) is 12.2 Å². The summed E-state index contributed by atoms with van der Waals surface area (Å²) >= 11 is 0. The smallest absolute Gasteiger partial charge is 0.435 e. The van der Waals surface area contributed by atoms with Crippen LogP contribution in [0, 0.1) is 5.82 Å². The monoisotopic (exact) mass is 329 g/mol. The molecule has 120 valence electrons. The minimum absolute atomic E-state index is 0.114. The summed E-state index contributed by atoms with van der Waals surface area (Å²) in [5, 5.41) is 15.5. The highest BCUT2D eigenvalue weighted by atomic mass is 19.4. The Kier molecular flexibility index (Phi) is 4.23. The molecule has 2 aromatic rings. The number of carboxylic acid groups (broad SMARTS) is 1. The molecule has 1 aromatic heterocycles. The molecule has 0 spiro atoms. The Labute approximate surface area is 125 Å². The van der Waals surface area contributed by atoms with Gasteiger partial charge in [-0.2, -0.15) is 18.3 Å². The second kappa shape index (κ2) is 5.97. The Morgan fingerprint density at radius 2 is 2.09 bits per heavy atom. The molecule has 0 unspecified atom stereocenters. The molecule has 0 aliphatic heterocycles.